The van der Waals surface area contributed by atoms with Gasteiger partial charge in [-0.2, -0.15) is 0 Å². The summed E-state index contributed by atoms with van der Waals surface area (Å²) in [5, 5.41) is 11.8. The van der Waals surface area contributed by atoms with E-state index in [2.05, 4.69) is 29.6 Å². The summed E-state index contributed by atoms with van der Waals surface area (Å²) in [5.41, 5.74) is 4.74. The van der Waals surface area contributed by atoms with Gasteiger partial charge in [-0.3, -0.25) is 9.59 Å². The summed E-state index contributed by atoms with van der Waals surface area (Å²) >= 11 is 0. The molecule has 0 aromatic heterocycles. The van der Waals surface area contributed by atoms with Gasteiger partial charge in [0.2, 0.25) is 5.91 Å². The number of alkyl carbamates (subject to hydrolysis) is 1. The molecule has 1 aliphatic carbocycles. The lowest BCUT2D eigenvalue weighted by Gasteiger charge is -2.24. The molecule has 2 aliphatic rings. The van der Waals surface area contributed by atoms with Crippen LogP contribution in [0.15, 0.2) is 48.5 Å². The van der Waals surface area contributed by atoms with Crippen LogP contribution in [0.4, 0.5) is 4.79 Å². The summed E-state index contributed by atoms with van der Waals surface area (Å²) in [6, 6.07) is 16.4. The lowest BCUT2D eigenvalue weighted by Crippen LogP contribution is -2.36. The second kappa shape index (κ2) is 11.4. The Morgan fingerprint density at radius 2 is 1.71 bits per heavy atom. The van der Waals surface area contributed by atoms with Crippen LogP contribution in [0.3, 0.4) is 0 Å². The summed E-state index contributed by atoms with van der Waals surface area (Å²) in [6.07, 6.45) is 3.69. The Balaban J connectivity index is 1.20. The Hall–Kier alpha value is -3.35. The molecule has 0 radical (unpaired) electrons. The summed E-state index contributed by atoms with van der Waals surface area (Å²) in [4.78, 5) is 37.8. The number of fused-ring (bicyclic) bond motifs is 3. The zero-order valence-corrected chi connectivity index (χ0v) is 20.2. The molecule has 2 aromatic rings. The van der Waals surface area contributed by atoms with E-state index in [0.717, 1.165) is 12.8 Å². The molecule has 0 saturated carbocycles. The predicted molar refractivity (Wildman–Crippen MR) is 133 cm³/mol. The van der Waals surface area contributed by atoms with Crippen molar-refractivity contribution in [1.82, 2.24) is 10.2 Å². The van der Waals surface area contributed by atoms with Crippen LogP contribution in [0, 0.1) is 0 Å². The van der Waals surface area contributed by atoms with Crippen molar-refractivity contribution in [3.8, 4) is 11.1 Å². The molecule has 1 fully saturated rings. The van der Waals surface area contributed by atoms with Gasteiger partial charge in [0, 0.05) is 37.4 Å². The van der Waals surface area contributed by atoms with Gasteiger partial charge in [0.1, 0.15) is 6.61 Å². The molecule has 1 aliphatic heterocycles. The number of carboxylic acids is 1. The molecule has 2 aromatic carbocycles. The van der Waals surface area contributed by atoms with Gasteiger partial charge in [0.15, 0.2) is 0 Å². The van der Waals surface area contributed by atoms with Crippen LogP contribution in [-0.2, 0) is 14.3 Å². The molecule has 2 unspecified atom stereocenters. The van der Waals surface area contributed by atoms with E-state index >= 15 is 0 Å². The van der Waals surface area contributed by atoms with E-state index in [1.54, 1.807) is 0 Å². The Bertz CT molecular complexity index is 1020. The summed E-state index contributed by atoms with van der Waals surface area (Å²) in [6.45, 7) is 2.89. The van der Waals surface area contributed by atoms with E-state index in [1.807, 2.05) is 36.1 Å². The van der Waals surface area contributed by atoms with Crippen molar-refractivity contribution in [3.63, 3.8) is 0 Å². The van der Waals surface area contributed by atoms with Gasteiger partial charge in [-0.05, 0) is 61.3 Å². The first-order valence-corrected chi connectivity index (χ1v) is 12.6. The third kappa shape index (κ3) is 6.02. The first kappa shape index (κ1) is 24.8. The quantitative estimate of drug-likeness (QED) is 0.504. The van der Waals surface area contributed by atoms with Gasteiger partial charge in [-0.15, -0.1) is 0 Å². The number of hydrogen-bond donors (Lipinski definition) is 2. The van der Waals surface area contributed by atoms with Gasteiger partial charge >= 0.3 is 12.1 Å². The van der Waals surface area contributed by atoms with Gasteiger partial charge in [-0.25, -0.2) is 4.79 Å². The largest absolute Gasteiger partial charge is 0.481 e. The number of carboxylic acid groups (broad SMARTS) is 1. The fourth-order valence-electron chi connectivity index (χ4n) is 5.37. The number of ether oxygens (including phenoxy) is 1. The third-order valence-corrected chi connectivity index (χ3v) is 7.12. The summed E-state index contributed by atoms with van der Waals surface area (Å²) in [7, 11) is 0. The van der Waals surface area contributed by atoms with Crippen molar-refractivity contribution in [2.24, 2.45) is 0 Å². The molecule has 4 rings (SSSR count). The highest BCUT2D eigenvalue weighted by Gasteiger charge is 2.30. The predicted octanol–water partition coefficient (Wildman–Crippen LogP) is 4.94. The number of likely N-dealkylation sites (tertiary alicyclic amines) is 1. The van der Waals surface area contributed by atoms with Crippen molar-refractivity contribution in [3.05, 3.63) is 59.7 Å². The molecule has 2 atom stereocenters. The number of amides is 2. The molecule has 7 nitrogen and oxygen atoms in total. The molecule has 1 heterocycles. The van der Waals surface area contributed by atoms with Crippen LogP contribution >= 0.6 is 0 Å². The standard InChI is InChI=1S/C28H34N2O5/c1-19(8-6-14-26(31)30-17-7-9-20(30)15-16-27(32)33)29-28(34)35-18-25-23-12-4-2-10-21(23)22-11-3-5-13-24(22)25/h2-5,10-13,19-20,25H,6-9,14-18H2,1H3,(H,29,34)(H,32,33). The van der Waals surface area contributed by atoms with Gasteiger partial charge in [-0.1, -0.05) is 48.5 Å². The molecule has 1 saturated heterocycles. The molecular formula is C28H34N2O5. The van der Waals surface area contributed by atoms with Gasteiger partial charge < -0.3 is 20.1 Å². The second-order valence-electron chi connectivity index (χ2n) is 9.58. The van der Waals surface area contributed by atoms with Crippen LogP contribution in [0.2, 0.25) is 0 Å². The van der Waals surface area contributed by atoms with E-state index in [-0.39, 0.29) is 36.9 Å². The number of nitrogens with zero attached hydrogens (tertiary/aromatic N) is 1. The highest BCUT2D eigenvalue weighted by atomic mass is 16.5. The Labute approximate surface area is 206 Å². The minimum Gasteiger partial charge on any atom is -0.481 e. The van der Waals surface area contributed by atoms with Crippen molar-refractivity contribution in [1.29, 1.82) is 0 Å². The number of aliphatic carboxylic acids is 1. The number of nitrogens with one attached hydrogen (secondary N) is 1. The van der Waals surface area contributed by atoms with E-state index in [9.17, 15) is 14.4 Å². The molecular weight excluding hydrogens is 444 g/mol. The van der Waals surface area contributed by atoms with Crippen molar-refractivity contribution >= 4 is 18.0 Å². The normalized spacial score (nSPS) is 17.5. The lowest BCUT2D eigenvalue weighted by atomic mass is 9.98. The molecule has 186 valence electrons. The van der Waals surface area contributed by atoms with Crippen molar-refractivity contribution in [2.75, 3.05) is 13.2 Å². The summed E-state index contributed by atoms with van der Waals surface area (Å²) < 4.78 is 5.61. The maximum Gasteiger partial charge on any atom is 0.407 e. The first-order valence-electron chi connectivity index (χ1n) is 12.6. The molecule has 7 heteroatoms. The molecule has 35 heavy (non-hydrogen) atoms. The van der Waals surface area contributed by atoms with Crippen molar-refractivity contribution in [2.45, 2.75) is 69.9 Å². The highest BCUT2D eigenvalue weighted by molar-refractivity contribution is 5.79. The molecule has 0 spiro atoms. The second-order valence-corrected chi connectivity index (χ2v) is 9.58. The number of benzene rings is 2. The average molecular weight is 479 g/mol. The lowest BCUT2D eigenvalue weighted by molar-refractivity contribution is -0.138. The van der Waals surface area contributed by atoms with Crippen molar-refractivity contribution < 1.29 is 24.2 Å². The van der Waals surface area contributed by atoms with E-state index < -0.39 is 12.1 Å². The van der Waals surface area contributed by atoms with E-state index in [1.165, 1.54) is 22.3 Å². The van der Waals surface area contributed by atoms with Crippen LogP contribution in [0.1, 0.15) is 68.9 Å². The fraction of sp³-hybridized carbons (Fsp3) is 0.464. The maximum absolute atomic E-state index is 12.6. The number of carbonyl (C=O) groups excluding carboxylic acids is 2. The summed E-state index contributed by atoms with van der Waals surface area (Å²) in [5.74, 6) is -0.723. The number of carbonyl (C=O) groups is 3. The Morgan fingerprint density at radius 1 is 1.06 bits per heavy atom. The van der Waals surface area contributed by atoms with Crippen LogP contribution in [0.5, 0.6) is 0 Å². The van der Waals surface area contributed by atoms with Gasteiger partial charge in [0.25, 0.3) is 0 Å². The third-order valence-electron chi connectivity index (χ3n) is 7.12. The average Bonchev–Trinajstić information content (AvgIpc) is 3.44. The van der Waals surface area contributed by atoms with Crippen LogP contribution < -0.4 is 5.32 Å². The smallest absolute Gasteiger partial charge is 0.407 e. The molecule has 2 amide bonds. The van der Waals surface area contributed by atoms with E-state index in [4.69, 9.17) is 9.84 Å². The minimum absolute atomic E-state index is 0.0237. The topological polar surface area (TPSA) is 95.9 Å². The molecule has 2 N–H and O–H groups in total. The first-order chi connectivity index (χ1) is 16.9. The monoisotopic (exact) mass is 478 g/mol. The fourth-order valence-corrected chi connectivity index (χ4v) is 5.37. The number of hydrogen-bond acceptors (Lipinski definition) is 4. The zero-order chi connectivity index (χ0) is 24.8. The molecule has 0 bridgehead atoms. The van der Waals surface area contributed by atoms with Gasteiger partial charge in [0.05, 0.1) is 0 Å². The Kier molecular flexibility index (Phi) is 8.06. The zero-order valence-electron chi connectivity index (χ0n) is 20.2. The van der Waals surface area contributed by atoms with Crippen LogP contribution in [0.25, 0.3) is 11.1 Å². The SMILES string of the molecule is CC(CCCC(=O)N1CCCC1CCC(=O)O)NC(=O)OCC1c2ccccc2-c2ccccc21. The van der Waals surface area contributed by atoms with Crippen LogP contribution in [-0.4, -0.2) is 53.2 Å². The number of rotatable bonds is 10. The maximum atomic E-state index is 12.6. The van der Waals surface area contributed by atoms with E-state index in [0.29, 0.717) is 32.2 Å². The minimum atomic E-state index is -0.822. The Morgan fingerprint density at radius 3 is 2.37 bits per heavy atom. The highest BCUT2D eigenvalue weighted by Crippen LogP contribution is 2.44.